The molecule has 0 fully saturated rings. The van der Waals surface area contributed by atoms with Crippen molar-refractivity contribution in [1.82, 2.24) is 0 Å². The van der Waals surface area contributed by atoms with Gasteiger partial charge in [-0.25, -0.2) is 0 Å². The first kappa shape index (κ1) is 27.6. The molecule has 0 bridgehead atoms. The summed E-state index contributed by atoms with van der Waals surface area (Å²) in [6.45, 7) is 4.82. The molecule has 0 radical (unpaired) electrons. The molecule has 3 aliphatic carbocycles. The molecule has 0 unspecified atom stereocenters. The number of fused-ring (bicyclic) bond motifs is 7. The minimum atomic E-state index is -0.383. The van der Waals surface area contributed by atoms with Crippen LogP contribution in [-0.4, -0.2) is 0 Å². The van der Waals surface area contributed by atoms with Crippen LogP contribution in [0.5, 0.6) is 0 Å². The largest absolute Gasteiger partial charge is 0.0713 e. The molecule has 0 spiro atoms. The molecular weight excluding hydrogens is 577 g/mol. The van der Waals surface area contributed by atoms with Gasteiger partial charge >= 0.3 is 0 Å². The van der Waals surface area contributed by atoms with E-state index >= 15 is 0 Å². The molecule has 7 aromatic carbocycles. The fourth-order valence-corrected chi connectivity index (χ4v) is 9.41. The molecule has 0 saturated carbocycles. The van der Waals surface area contributed by atoms with E-state index in [1.54, 1.807) is 0 Å². The number of hydrogen-bond acceptors (Lipinski definition) is 0. The van der Waals surface area contributed by atoms with Crippen molar-refractivity contribution in [3.8, 4) is 22.3 Å². The molecule has 7 aromatic rings. The van der Waals surface area contributed by atoms with E-state index in [0.717, 1.165) is 6.42 Å². The van der Waals surface area contributed by atoms with E-state index in [4.69, 9.17) is 0 Å². The quantitative estimate of drug-likeness (QED) is 0.173. The second kappa shape index (κ2) is 10.0. The third-order valence-electron chi connectivity index (χ3n) is 11.6. The Morgan fingerprint density at radius 1 is 0.458 bits per heavy atom. The van der Waals surface area contributed by atoms with E-state index in [-0.39, 0.29) is 10.8 Å². The van der Waals surface area contributed by atoms with Crippen molar-refractivity contribution < 1.29 is 0 Å². The maximum absolute atomic E-state index is 2.53. The second-order valence-corrected chi connectivity index (χ2v) is 14.4. The van der Waals surface area contributed by atoms with Crippen molar-refractivity contribution >= 4 is 22.9 Å². The molecule has 0 heterocycles. The Hall–Kier alpha value is -5.46. The van der Waals surface area contributed by atoms with E-state index in [0.29, 0.717) is 0 Å². The van der Waals surface area contributed by atoms with Crippen molar-refractivity contribution in [2.75, 3.05) is 0 Å². The van der Waals surface area contributed by atoms with Crippen LogP contribution in [0.4, 0.5) is 0 Å². The lowest BCUT2D eigenvalue weighted by atomic mass is 9.67. The summed E-state index contributed by atoms with van der Waals surface area (Å²) in [5.74, 6) is 0. The Balaban J connectivity index is 1.10. The Morgan fingerprint density at radius 3 is 1.79 bits per heavy atom. The zero-order valence-corrected chi connectivity index (χ0v) is 27.4. The molecule has 3 aliphatic rings. The topological polar surface area (TPSA) is 0 Å². The molecule has 0 amide bonds. The average molecular weight is 613 g/mol. The first-order valence-electron chi connectivity index (χ1n) is 17.3. The molecule has 0 aliphatic heterocycles. The van der Waals surface area contributed by atoms with E-state index in [1.807, 2.05) is 0 Å². The Labute approximate surface area is 283 Å². The monoisotopic (exact) mass is 612 g/mol. The lowest BCUT2D eigenvalue weighted by Crippen LogP contribution is -2.28. The normalized spacial score (nSPS) is 15.8. The minimum Gasteiger partial charge on any atom is -0.0622 e. The number of rotatable bonds is 4. The van der Waals surface area contributed by atoms with Crippen LogP contribution in [0, 0.1) is 0 Å². The van der Waals surface area contributed by atoms with Gasteiger partial charge in [-0.15, -0.1) is 0 Å². The summed E-state index contributed by atoms with van der Waals surface area (Å²) in [6.07, 6.45) is 6.93. The zero-order chi connectivity index (χ0) is 32.0. The third kappa shape index (κ3) is 3.66. The van der Waals surface area contributed by atoms with Gasteiger partial charge in [0.15, 0.2) is 0 Å². The molecule has 0 saturated heterocycles. The highest BCUT2D eigenvalue weighted by Crippen LogP contribution is 2.57. The van der Waals surface area contributed by atoms with Gasteiger partial charge in [0.2, 0.25) is 0 Å². The fraction of sp³-hybridized carbons (Fsp3) is 0.125. The van der Waals surface area contributed by atoms with Gasteiger partial charge in [0.05, 0.1) is 5.41 Å². The highest BCUT2D eigenvalue weighted by atomic mass is 14.5. The van der Waals surface area contributed by atoms with Crippen LogP contribution in [-0.2, 0) is 23.7 Å². The van der Waals surface area contributed by atoms with Gasteiger partial charge in [0.1, 0.15) is 0 Å². The molecule has 0 atom stereocenters. The zero-order valence-electron chi connectivity index (χ0n) is 27.4. The lowest BCUT2D eigenvalue weighted by Gasteiger charge is -2.34. The minimum absolute atomic E-state index is 0.0396. The maximum Gasteiger partial charge on any atom is 0.0713 e. The third-order valence-corrected chi connectivity index (χ3v) is 11.6. The van der Waals surface area contributed by atoms with Gasteiger partial charge in [-0.1, -0.05) is 166 Å². The molecule has 48 heavy (non-hydrogen) atoms. The molecule has 10 rings (SSSR count). The van der Waals surface area contributed by atoms with Crippen LogP contribution in [0.1, 0.15) is 69.5 Å². The molecule has 0 nitrogen and oxygen atoms in total. The second-order valence-electron chi connectivity index (χ2n) is 14.4. The number of hydrogen-bond donors (Lipinski definition) is 0. The molecule has 0 N–H and O–H groups in total. The van der Waals surface area contributed by atoms with Crippen molar-refractivity contribution in [3.63, 3.8) is 0 Å². The van der Waals surface area contributed by atoms with Crippen LogP contribution in [0.25, 0.3) is 45.2 Å². The predicted molar refractivity (Wildman–Crippen MR) is 202 cm³/mol. The molecule has 0 heteroatoms. The Bertz CT molecular complexity index is 2420. The van der Waals surface area contributed by atoms with Gasteiger partial charge < -0.3 is 0 Å². The first-order chi connectivity index (χ1) is 23.5. The highest BCUT2D eigenvalue weighted by Gasteiger charge is 2.46. The number of aryl methyl sites for hydroxylation is 2. The van der Waals surface area contributed by atoms with Gasteiger partial charge in [-0.2, -0.15) is 0 Å². The summed E-state index contributed by atoms with van der Waals surface area (Å²) in [5, 5.41) is 2.94. The van der Waals surface area contributed by atoms with Gasteiger partial charge in [-0.05, 0) is 108 Å². The highest BCUT2D eigenvalue weighted by molar-refractivity contribution is 6.06. The number of benzene rings is 7. The van der Waals surface area contributed by atoms with Crippen LogP contribution in [0.3, 0.4) is 0 Å². The summed E-state index contributed by atoms with van der Waals surface area (Å²) >= 11 is 0. The van der Waals surface area contributed by atoms with Crippen LogP contribution in [0.15, 0.2) is 146 Å². The summed E-state index contributed by atoms with van der Waals surface area (Å²) in [5.41, 5.74) is 18.8. The summed E-state index contributed by atoms with van der Waals surface area (Å²) < 4.78 is 0. The lowest BCUT2D eigenvalue weighted by molar-refractivity contribution is 0.659. The van der Waals surface area contributed by atoms with E-state index < -0.39 is 0 Å². The molecule has 228 valence electrons. The van der Waals surface area contributed by atoms with Crippen molar-refractivity contribution in [1.29, 1.82) is 0 Å². The van der Waals surface area contributed by atoms with Crippen LogP contribution < -0.4 is 0 Å². The summed E-state index contributed by atoms with van der Waals surface area (Å²) in [4.78, 5) is 0. The standard InChI is InChI=1S/C48H36/c1-47(2)42-28-31(23-27-39(42)46-40-18-11-12-33-24-25-34(45(33)40)30-44(46)47)20-21-32-22-26-38-37-17-9-10-19-41(37)48(43(38)29-32,35-13-5-3-6-14-35)36-15-7-4-8-16-36/h3-23,26-30H,24-25H2,1-2H3/b21-20+. The Morgan fingerprint density at radius 2 is 1.06 bits per heavy atom. The van der Waals surface area contributed by atoms with E-state index in [2.05, 4.69) is 172 Å². The maximum atomic E-state index is 2.53. The van der Waals surface area contributed by atoms with E-state index in [1.165, 1.54) is 95.1 Å². The van der Waals surface area contributed by atoms with Gasteiger partial charge in [0.25, 0.3) is 0 Å². The average Bonchev–Trinajstić information content (AvgIpc) is 3.76. The van der Waals surface area contributed by atoms with E-state index in [9.17, 15) is 0 Å². The predicted octanol–water partition coefficient (Wildman–Crippen LogP) is 11.8. The smallest absolute Gasteiger partial charge is 0.0622 e. The summed E-state index contributed by atoms with van der Waals surface area (Å²) in [6, 6.07) is 54.7. The van der Waals surface area contributed by atoms with Crippen LogP contribution in [0.2, 0.25) is 0 Å². The van der Waals surface area contributed by atoms with Crippen LogP contribution >= 0.6 is 0 Å². The summed E-state index contributed by atoms with van der Waals surface area (Å²) in [7, 11) is 0. The van der Waals surface area contributed by atoms with Crippen molar-refractivity contribution in [2.24, 2.45) is 0 Å². The SMILES string of the molecule is CC1(C)c2cc(/C=C/c3ccc4c(c3)C(c3ccccc3)(c3ccccc3)c3ccccc3-4)ccc2-c2c1cc1c3c(cccc23)CC1. The van der Waals surface area contributed by atoms with Gasteiger partial charge in [-0.3, -0.25) is 0 Å². The Kier molecular flexibility index (Phi) is 5.77. The molecular formula is C48H36. The van der Waals surface area contributed by atoms with Gasteiger partial charge in [0, 0.05) is 5.41 Å². The first-order valence-corrected chi connectivity index (χ1v) is 17.3. The van der Waals surface area contributed by atoms with Crippen molar-refractivity contribution in [3.05, 3.63) is 201 Å². The fourth-order valence-electron chi connectivity index (χ4n) is 9.41. The molecule has 0 aromatic heterocycles. The van der Waals surface area contributed by atoms with Crippen molar-refractivity contribution in [2.45, 2.75) is 37.5 Å².